The molecule has 0 N–H and O–H groups in total. The lowest BCUT2D eigenvalue weighted by Gasteiger charge is -2.36. The Kier molecular flexibility index (Phi) is 7.44. The first-order chi connectivity index (χ1) is 15.5. The van der Waals surface area contributed by atoms with Gasteiger partial charge in [-0.05, 0) is 30.3 Å². The Morgan fingerprint density at radius 1 is 1.06 bits per heavy atom. The Bertz CT molecular complexity index is 1090. The molecule has 4 rings (SSSR count). The lowest BCUT2D eigenvalue weighted by molar-refractivity contribution is -0.128. The van der Waals surface area contributed by atoms with E-state index in [0.717, 1.165) is 23.8 Å². The molecule has 1 fully saturated rings. The maximum atomic E-state index is 12.7. The SMILES string of the molecule is Cn1c(COc2ccccc2Cl)nnc1SCC(=O)N1CCN(c2cccc(Cl)c2)CC1. The van der Waals surface area contributed by atoms with Gasteiger partial charge in [0, 0.05) is 43.9 Å². The van der Waals surface area contributed by atoms with Crippen molar-refractivity contribution in [1.82, 2.24) is 19.7 Å². The number of aromatic nitrogens is 3. The van der Waals surface area contributed by atoms with Gasteiger partial charge in [0.15, 0.2) is 11.0 Å². The van der Waals surface area contributed by atoms with Crippen molar-refractivity contribution in [1.29, 1.82) is 0 Å². The van der Waals surface area contributed by atoms with E-state index >= 15 is 0 Å². The van der Waals surface area contributed by atoms with Crippen LogP contribution in [0.15, 0.2) is 53.7 Å². The van der Waals surface area contributed by atoms with Crippen LogP contribution >= 0.6 is 35.0 Å². The van der Waals surface area contributed by atoms with Crippen molar-refractivity contribution in [2.45, 2.75) is 11.8 Å². The second kappa shape index (κ2) is 10.5. The zero-order chi connectivity index (χ0) is 22.5. The summed E-state index contributed by atoms with van der Waals surface area (Å²) in [5, 5.41) is 10.3. The Morgan fingerprint density at radius 2 is 1.84 bits per heavy atom. The molecule has 0 radical (unpaired) electrons. The third kappa shape index (κ3) is 5.49. The second-order valence-electron chi connectivity index (χ2n) is 7.31. The van der Waals surface area contributed by atoms with Gasteiger partial charge in [-0.15, -0.1) is 10.2 Å². The molecular formula is C22H23Cl2N5O2S. The van der Waals surface area contributed by atoms with Crippen LogP contribution in [0.5, 0.6) is 5.75 Å². The van der Waals surface area contributed by atoms with Gasteiger partial charge in [-0.25, -0.2) is 0 Å². The molecule has 1 amide bonds. The van der Waals surface area contributed by atoms with Crippen molar-refractivity contribution < 1.29 is 9.53 Å². The number of carbonyl (C=O) groups is 1. The smallest absolute Gasteiger partial charge is 0.233 e. The number of piperazine rings is 1. The van der Waals surface area contributed by atoms with Gasteiger partial charge in [0.05, 0.1) is 10.8 Å². The van der Waals surface area contributed by atoms with Gasteiger partial charge in [-0.2, -0.15) is 0 Å². The minimum absolute atomic E-state index is 0.0950. The first-order valence-electron chi connectivity index (χ1n) is 10.2. The first-order valence-corrected chi connectivity index (χ1v) is 11.9. The van der Waals surface area contributed by atoms with Crippen LogP contribution in [0, 0.1) is 0 Å². The zero-order valence-corrected chi connectivity index (χ0v) is 19.9. The fourth-order valence-corrected chi connectivity index (χ4v) is 4.61. The fourth-order valence-electron chi connectivity index (χ4n) is 3.40. The lowest BCUT2D eigenvalue weighted by Crippen LogP contribution is -2.49. The van der Waals surface area contributed by atoms with E-state index in [0.29, 0.717) is 40.6 Å². The maximum absolute atomic E-state index is 12.7. The number of anilines is 1. The average molecular weight is 492 g/mol. The number of amides is 1. The summed E-state index contributed by atoms with van der Waals surface area (Å²) in [5.41, 5.74) is 1.09. The number of carbonyl (C=O) groups excluding carboxylic acids is 1. The van der Waals surface area contributed by atoms with Crippen LogP contribution in [0.25, 0.3) is 0 Å². The number of thioether (sulfide) groups is 1. The van der Waals surface area contributed by atoms with Gasteiger partial charge < -0.3 is 19.1 Å². The Balaban J connectivity index is 1.26. The number of ether oxygens (including phenoxy) is 1. The molecule has 10 heteroatoms. The first kappa shape index (κ1) is 22.8. The summed E-state index contributed by atoms with van der Waals surface area (Å²) in [6.45, 7) is 3.17. The highest BCUT2D eigenvalue weighted by Crippen LogP contribution is 2.25. The molecular weight excluding hydrogens is 469 g/mol. The molecule has 2 heterocycles. The van der Waals surface area contributed by atoms with Crippen LogP contribution in [0.4, 0.5) is 5.69 Å². The van der Waals surface area contributed by atoms with Crippen LogP contribution in [0.3, 0.4) is 0 Å². The average Bonchev–Trinajstić information content (AvgIpc) is 3.16. The maximum Gasteiger partial charge on any atom is 0.233 e. The molecule has 3 aromatic rings. The van der Waals surface area contributed by atoms with E-state index in [2.05, 4.69) is 15.1 Å². The summed E-state index contributed by atoms with van der Waals surface area (Å²) in [7, 11) is 1.86. The summed E-state index contributed by atoms with van der Waals surface area (Å²) < 4.78 is 7.58. The number of para-hydroxylation sites is 1. The topological polar surface area (TPSA) is 63.5 Å². The molecule has 0 aliphatic carbocycles. The third-order valence-electron chi connectivity index (χ3n) is 5.25. The Labute approximate surface area is 201 Å². The minimum atomic E-state index is 0.0950. The molecule has 1 saturated heterocycles. The number of benzene rings is 2. The molecule has 0 unspecified atom stereocenters. The molecule has 7 nitrogen and oxygen atoms in total. The summed E-state index contributed by atoms with van der Waals surface area (Å²) in [6.07, 6.45) is 0. The van der Waals surface area contributed by atoms with Crippen LogP contribution < -0.4 is 9.64 Å². The summed E-state index contributed by atoms with van der Waals surface area (Å²) in [5.74, 6) is 1.67. The van der Waals surface area contributed by atoms with Gasteiger partial charge in [-0.3, -0.25) is 4.79 Å². The Hall–Kier alpha value is -2.42. The molecule has 0 atom stereocenters. The predicted octanol–water partition coefficient (Wildman–Crippen LogP) is 4.14. The Morgan fingerprint density at radius 3 is 2.59 bits per heavy atom. The molecule has 0 spiro atoms. The second-order valence-corrected chi connectivity index (χ2v) is 9.10. The van der Waals surface area contributed by atoms with Crippen molar-refractivity contribution in [2.75, 3.05) is 36.8 Å². The highest BCUT2D eigenvalue weighted by atomic mass is 35.5. The standard InChI is InChI=1S/C22H23Cl2N5O2S/c1-27-20(14-31-19-8-3-2-7-18(19)24)25-26-22(27)32-15-21(30)29-11-9-28(10-12-29)17-6-4-5-16(23)13-17/h2-8,13H,9-12,14-15H2,1H3. The van der Waals surface area contributed by atoms with Gasteiger partial charge in [0.2, 0.25) is 5.91 Å². The number of nitrogens with zero attached hydrogens (tertiary/aromatic N) is 5. The highest BCUT2D eigenvalue weighted by molar-refractivity contribution is 7.99. The molecule has 1 aliphatic heterocycles. The van der Waals surface area contributed by atoms with Crippen molar-refractivity contribution in [2.24, 2.45) is 7.05 Å². The number of hydrogen-bond acceptors (Lipinski definition) is 6. The molecule has 2 aromatic carbocycles. The van der Waals surface area contributed by atoms with Crippen molar-refractivity contribution in [3.8, 4) is 5.75 Å². The number of hydrogen-bond donors (Lipinski definition) is 0. The molecule has 0 saturated carbocycles. The minimum Gasteiger partial charge on any atom is -0.484 e. The molecule has 32 heavy (non-hydrogen) atoms. The van der Waals surface area contributed by atoms with E-state index in [4.69, 9.17) is 27.9 Å². The monoisotopic (exact) mass is 491 g/mol. The van der Waals surface area contributed by atoms with Crippen molar-refractivity contribution in [3.63, 3.8) is 0 Å². The number of halogens is 2. The lowest BCUT2D eigenvalue weighted by atomic mass is 10.2. The summed E-state index contributed by atoms with van der Waals surface area (Å²) in [6, 6.07) is 15.1. The molecule has 1 aromatic heterocycles. The van der Waals surface area contributed by atoms with Gasteiger partial charge in [0.25, 0.3) is 0 Å². The summed E-state index contributed by atoms with van der Waals surface area (Å²) in [4.78, 5) is 16.8. The van der Waals surface area contributed by atoms with E-state index in [-0.39, 0.29) is 12.5 Å². The highest BCUT2D eigenvalue weighted by Gasteiger charge is 2.22. The van der Waals surface area contributed by atoms with Gasteiger partial charge in [-0.1, -0.05) is 53.2 Å². The quantitative estimate of drug-likeness (QED) is 0.462. The summed E-state index contributed by atoms with van der Waals surface area (Å²) >= 11 is 13.6. The van der Waals surface area contributed by atoms with Crippen LogP contribution in [0.2, 0.25) is 10.0 Å². The fraction of sp³-hybridized carbons (Fsp3) is 0.318. The number of rotatable bonds is 7. The van der Waals surface area contributed by atoms with E-state index in [1.54, 1.807) is 12.1 Å². The van der Waals surface area contributed by atoms with E-state index < -0.39 is 0 Å². The molecule has 168 valence electrons. The van der Waals surface area contributed by atoms with Crippen molar-refractivity contribution >= 4 is 46.6 Å². The van der Waals surface area contributed by atoms with Gasteiger partial charge >= 0.3 is 0 Å². The van der Waals surface area contributed by atoms with E-state index in [9.17, 15) is 4.79 Å². The van der Waals surface area contributed by atoms with Crippen molar-refractivity contribution in [3.05, 3.63) is 64.4 Å². The van der Waals surface area contributed by atoms with Crippen LogP contribution in [-0.2, 0) is 18.4 Å². The molecule has 0 bridgehead atoms. The largest absolute Gasteiger partial charge is 0.484 e. The zero-order valence-electron chi connectivity index (χ0n) is 17.6. The van der Waals surface area contributed by atoms with Gasteiger partial charge in [0.1, 0.15) is 12.4 Å². The van der Waals surface area contributed by atoms with E-state index in [1.807, 2.05) is 52.9 Å². The molecule has 1 aliphatic rings. The van der Waals surface area contributed by atoms with Crippen LogP contribution in [0.1, 0.15) is 5.82 Å². The normalized spacial score (nSPS) is 14.0. The van der Waals surface area contributed by atoms with Crippen LogP contribution in [-0.4, -0.2) is 57.5 Å². The predicted molar refractivity (Wildman–Crippen MR) is 128 cm³/mol. The van der Waals surface area contributed by atoms with E-state index in [1.165, 1.54) is 11.8 Å². The third-order valence-corrected chi connectivity index (χ3v) is 6.80.